The largest absolute Gasteiger partial charge is 0.480 e. The molecule has 5 atom stereocenters. The van der Waals surface area contributed by atoms with E-state index in [4.69, 9.17) is 9.47 Å². The highest BCUT2D eigenvalue weighted by atomic mass is 16.5. The first-order chi connectivity index (χ1) is 20.4. The second kappa shape index (κ2) is 12.0. The second-order valence-electron chi connectivity index (χ2n) is 11.6. The van der Waals surface area contributed by atoms with Crippen LogP contribution >= 0.6 is 0 Å². The molecule has 1 heterocycles. The van der Waals surface area contributed by atoms with Gasteiger partial charge in [-0.2, -0.15) is 0 Å². The number of ether oxygens (including phenoxy) is 2. The lowest BCUT2D eigenvalue weighted by Gasteiger charge is -2.31. The van der Waals surface area contributed by atoms with Crippen LogP contribution < -0.4 is 5.32 Å². The lowest BCUT2D eigenvalue weighted by molar-refractivity contribution is -0.152. The minimum atomic E-state index is -1.11. The number of benzene rings is 3. The summed E-state index contributed by atoms with van der Waals surface area (Å²) in [6, 6.07) is 23.7. The number of carbonyl (C=O) groups is 3. The number of rotatable bonds is 9. The van der Waals surface area contributed by atoms with Gasteiger partial charge in [0, 0.05) is 12.5 Å². The number of amides is 2. The quantitative estimate of drug-likeness (QED) is 0.367. The molecule has 3 aromatic rings. The van der Waals surface area contributed by atoms with Crippen LogP contribution in [0, 0.1) is 11.8 Å². The molecule has 1 aliphatic heterocycles. The van der Waals surface area contributed by atoms with E-state index in [0.29, 0.717) is 6.54 Å². The molecule has 2 fully saturated rings. The minimum absolute atomic E-state index is 0.0675. The first kappa shape index (κ1) is 28.0. The molecule has 2 aliphatic carbocycles. The van der Waals surface area contributed by atoms with E-state index in [9.17, 15) is 19.5 Å². The average Bonchev–Trinajstić information content (AvgIpc) is 3.69. The number of nitrogens with zero attached hydrogens (tertiary/aromatic N) is 1. The number of carboxylic acid groups (broad SMARTS) is 1. The van der Waals surface area contributed by atoms with Gasteiger partial charge < -0.3 is 24.8 Å². The summed E-state index contributed by atoms with van der Waals surface area (Å²) in [5, 5.41) is 12.8. The molecule has 218 valence electrons. The molecule has 1 saturated carbocycles. The van der Waals surface area contributed by atoms with Crippen LogP contribution in [0.15, 0.2) is 78.9 Å². The van der Waals surface area contributed by atoms with Crippen molar-refractivity contribution in [3.8, 4) is 11.1 Å². The van der Waals surface area contributed by atoms with Gasteiger partial charge in [-0.15, -0.1) is 0 Å². The summed E-state index contributed by atoms with van der Waals surface area (Å²) in [5.41, 5.74) is 5.35. The molecule has 3 aromatic carbocycles. The van der Waals surface area contributed by atoms with Crippen molar-refractivity contribution < 1.29 is 29.0 Å². The van der Waals surface area contributed by atoms with Crippen molar-refractivity contribution in [3.05, 3.63) is 95.6 Å². The molecule has 42 heavy (non-hydrogen) atoms. The zero-order valence-electron chi connectivity index (χ0n) is 23.6. The van der Waals surface area contributed by atoms with Crippen LogP contribution in [-0.2, 0) is 25.7 Å². The molecule has 8 heteroatoms. The molecule has 1 saturated heterocycles. The molecule has 2 N–H and O–H groups in total. The van der Waals surface area contributed by atoms with Gasteiger partial charge in [0.05, 0.1) is 12.7 Å². The Morgan fingerprint density at radius 2 is 1.57 bits per heavy atom. The number of nitrogens with one attached hydrogen (secondary N) is 1. The standard InChI is InChI=1S/C34H36N2O6/c1-21(41-19-22-10-3-2-4-11-22)30(32(37)36-18-23-12-9-17-24(23)31(36)33(38)39)35-34(40)42-20-29-27-15-7-5-13-25(27)26-14-6-8-16-28(26)29/h2-8,10-11,13-16,21,23-24,29-31H,9,12,17-20H2,1H3,(H,35,40)(H,38,39). The van der Waals surface area contributed by atoms with Gasteiger partial charge in [-0.3, -0.25) is 4.79 Å². The van der Waals surface area contributed by atoms with Gasteiger partial charge in [-0.25, -0.2) is 9.59 Å². The number of carboxylic acids is 1. The zero-order chi connectivity index (χ0) is 29.2. The van der Waals surface area contributed by atoms with E-state index >= 15 is 0 Å². The molecule has 6 rings (SSSR count). The maximum absolute atomic E-state index is 14.0. The van der Waals surface area contributed by atoms with E-state index < -0.39 is 36.2 Å². The highest BCUT2D eigenvalue weighted by Crippen LogP contribution is 2.45. The van der Waals surface area contributed by atoms with Crippen LogP contribution in [0.2, 0.25) is 0 Å². The predicted octanol–water partition coefficient (Wildman–Crippen LogP) is 5.21. The van der Waals surface area contributed by atoms with Gasteiger partial charge in [-0.1, -0.05) is 85.3 Å². The van der Waals surface area contributed by atoms with Crippen molar-refractivity contribution in [2.45, 2.75) is 56.9 Å². The third kappa shape index (κ3) is 5.39. The molecule has 2 amide bonds. The van der Waals surface area contributed by atoms with Crippen molar-refractivity contribution in [2.75, 3.05) is 13.2 Å². The fourth-order valence-electron chi connectivity index (χ4n) is 7.07. The Kier molecular flexibility index (Phi) is 7.98. The summed E-state index contributed by atoms with van der Waals surface area (Å²) in [6.07, 6.45) is 1.20. The number of carbonyl (C=O) groups excluding carboxylic acids is 2. The lowest BCUT2D eigenvalue weighted by atomic mass is 9.94. The van der Waals surface area contributed by atoms with E-state index in [-0.39, 0.29) is 31.0 Å². The normalized spacial score (nSPS) is 22.1. The molecule has 8 nitrogen and oxygen atoms in total. The molecule has 5 unspecified atom stereocenters. The number of aliphatic carboxylic acids is 1. The summed E-state index contributed by atoms with van der Waals surface area (Å²) in [5.74, 6) is -1.49. The van der Waals surface area contributed by atoms with Gasteiger partial charge in [0.15, 0.2) is 0 Å². The van der Waals surface area contributed by atoms with E-state index in [2.05, 4.69) is 17.4 Å². The molecule has 0 aromatic heterocycles. The Hall–Kier alpha value is -4.17. The Balaban J connectivity index is 1.19. The summed E-state index contributed by atoms with van der Waals surface area (Å²) in [6.45, 7) is 2.44. The molecule has 0 spiro atoms. The van der Waals surface area contributed by atoms with E-state index in [0.717, 1.165) is 47.1 Å². The summed E-state index contributed by atoms with van der Waals surface area (Å²) >= 11 is 0. The van der Waals surface area contributed by atoms with Crippen molar-refractivity contribution in [2.24, 2.45) is 11.8 Å². The van der Waals surface area contributed by atoms with Crippen LogP contribution in [0.25, 0.3) is 11.1 Å². The smallest absolute Gasteiger partial charge is 0.407 e. The SMILES string of the molecule is CC(OCc1ccccc1)C(NC(=O)OCC1c2ccccc2-c2ccccc21)C(=O)N1CC2CCCC2C1C(=O)O. The first-order valence-corrected chi connectivity index (χ1v) is 14.7. The molecular weight excluding hydrogens is 532 g/mol. The van der Waals surface area contributed by atoms with Crippen LogP contribution in [0.5, 0.6) is 0 Å². The third-order valence-corrected chi connectivity index (χ3v) is 9.13. The number of hydrogen-bond acceptors (Lipinski definition) is 5. The van der Waals surface area contributed by atoms with Crippen LogP contribution in [0.1, 0.15) is 48.8 Å². The summed E-state index contributed by atoms with van der Waals surface area (Å²) in [4.78, 5) is 41.0. The topological polar surface area (TPSA) is 105 Å². The molecular formula is C34H36N2O6. The number of hydrogen-bond donors (Lipinski definition) is 2. The highest BCUT2D eigenvalue weighted by molar-refractivity contribution is 5.90. The molecule has 3 aliphatic rings. The van der Waals surface area contributed by atoms with Gasteiger partial charge >= 0.3 is 12.1 Å². The minimum Gasteiger partial charge on any atom is -0.480 e. The van der Waals surface area contributed by atoms with Gasteiger partial charge in [-0.05, 0) is 59.4 Å². The first-order valence-electron chi connectivity index (χ1n) is 14.7. The van der Waals surface area contributed by atoms with E-state index in [1.165, 1.54) is 4.90 Å². The molecule has 0 radical (unpaired) electrons. The van der Waals surface area contributed by atoms with Crippen molar-refractivity contribution in [3.63, 3.8) is 0 Å². The van der Waals surface area contributed by atoms with Crippen LogP contribution in [-0.4, -0.2) is 59.3 Å². The fraction of sp³-hybridized carbons (Fsp3) is 0.382. The third-order valence-electron chi connectivity index (χ3n) is 9.13. The van der Waals surface area contributed by atoms with Crippen LogP contribution in [0.4, 0.5) is 4.79 Å². The Morgan fingerprint density at radius 1 is 0.929 bits per heavy atom. The Morgan fingerprint density at radius 3 is 2.24 bits per heavy atom. The van der Waals surface area contributed by atoms with Crippen molar-refractivity contribution in [1.82, 2.24) is 10.2 Å². The highest BCUT2D eigenvalue weighted by Gasteiger charge is 2.51. The van der Waals surface area contributed by atoms with Gasteiger partial charge in [0.2, 0.25) is 5.91 Å². The molecule has 0 bridgehead atoms. The number of fused-ring (bicyclic) bond motifs is 4. The number of likely N-dealkylation sites (tertiary alicyclic amines) is 1. The monoisotopic (exact) mass is 568 g/mol. The van der Waals surface area contributed by atoms with E-state index in [1.54, 1.807) is 6.92 Å². The van der Waals surface area contributed by atoms with Gasteiger partial charge in [0.1, 0.15) is 18.7 Å². The maximum Gasteiger partial charge on any atom is 0.407 e. The lowest BCUT2D eigenvalue weighted by Crippen LogP contribution is -2.57. The average molecular weight is 569 g/mol. The van der Waals surface area contributed by atoms with Crippen LogP contribution in [0.3, 0.4) is 0 Å². The zero-order valence-corrected chi connectivity index (χ0v) is 23.6. The Bertz CT molecular complexity index is 1410. The van der Waals surface area contributed by atoms with Crippen molar-refractivity contribution in [1.29, 1.82) is 0 Å². The maximum atomic E-state index is 14.0. The predicted molar refractivity (Wildman–Crippen MR) is 157 cm³/mol. The van der Waals surface area contributed by atoms with Crippen molar-refractivity contribution >= 4 is 18.0 Å². The second-order valence-corrected chi connectivity index (χ2v) is 11.6. The summed E-state index contributed by atoms with van der Waals surface area (Å²) < 4.78 is 11.8. The van der Waals surface area contributed by atoms with E-state index in [1.807, 2.05) is 66.7 Å². The Labute approximate surface area is 245 Å². The van der Waals surface area contributed by atoms with Gasteiger partial charge in [0.25, 0.3) is 0 Å². The summed E-state index contributed by atoms with van der Waals surface area (Å²) in [7, 11) is 0. The fourth-order valence-corrected chi connectivity index (χ4v) is 7.07. The number of alkyl carbamates (subject to hydrolysis) is 1.